The largest absolute Gasteiger partial charge is 0.494 e. The third-order valence-corrected chi connectivity index (χ3v) is 3.17. The van der Waals surface area contributed by atoms with Crippen LogP contribution in [0.25, 0.3) is 12.2 Å². The van der Waals surface area contributed by atoms with Gasteiger partial charge < -0.3 is 14.5 Å². The summed E-state index contributed by atoms with van der Waals surface area (Å²) in [6, 6.07) is 9.78. The Hall–Kier alpha value is -2.74. The quantitative estimate of drug-likeness (QED) is 0.735. The van der Waals surface area contributed by atoms with Crippen molar-refractivity contribution in [3.05, 3.63) is 41.4 Å². The molecule has 0 aliphatic rings. The van der Waals surface area contributed by atoms with Crippen LogP contribution in [0.3, 0.4) is 0 Å². The average molecular weight is 311 g/mol. The van der Waals surface area contributed by atoms with Gasteiger partial charge in [-0.1, -0.05) is 25.5 Å². The number of nitrogens with one attached hydrogen (secondary N) is 1. The standard InChI is InChI=1S/C18H21N3O2/c1-3-5-12-20-18-16(13-19)21-17(23-18)11-8-14-6-9-15(10-7-14)22-4-2/h6-11,20H,3-5,12H2,1-2H3/b11-8+. The Morgan fingerprint density at radius 1 is 1.26 bits per heavy atom. The van der Waals surface area contributed by atoms with Crippen LogP contribution in [0.2, 0.25) is 0 Å². The van der Waals surface area contributed by atoms with Crippen molar-refractivity contribution in [2.45, 2.75) is 26.7 Å². The van der Waals surface area contributed by atoms with Gasteiger partial charge in [0.05, 0.1) is 6.61 Å². The Labute approximate surface area is 136 Å². The van der Waals surface area contributed by atoms with Crippen molar-refractivity contribution in [2.24, 2.45) is 0 Å². The Morgan fingerprint density at radius 2 is 2.04 bits per heavy atom. The highest BCUT2D eigenvalue weighted by Crippen LogP contribution is 2.19. The monoisotopic (exact) mass is 311 g/mol. The van der Waals surface area contributed by atoms with Gasteiger partial charge in [0.1, 0.15) is 11.8 Å². The third kappa shape index (κ3) is 4.89. The second kappa shape index (κ2) is 8.64. The summed E-state index contributed by atoms with van der Waals surface area (Å²) in [5.74, 6) is 1.69. The van der Waals surface area contributed by atoms with E-state index in [9.17, 15) is 0 Å². The van der Waals surface area contributed by atoms with Crippen LogP contribution >= 0.6 is 0 Å². The fourth-order valence-electron chi connectivity index (χ4n) is 1.99. The molecule has 1 heterocycles. The van der Waals surface area contributed by atoms with Crippen LogP contribution in [0.5, 0.6) is 5.75 Å². The maximum Gasteiger partial charge on any atom is 0.232 e. The highest BCUT2D eigenvalue weighted by Gasteiger charge is 2.10. The number of rotatable bonds is 8. The third-order valence-electron chi connectivity index (χ3n) is 3.17. The first-order valence-electron chi connectivity index (χ1n) is 7.82. The lowest BCUT2D eigenvalue weighted by Gasteiger charge is -2.01. The van der Waals surface area contributed by atoms with Crippen molar-refractivity contribution in [3.63, 3.8) is 0 Å². The van der Waals surface area contributed by atoms with E-state index in [4.69, 9.17) is 14.4 Å². The van der Waals surface area contributed by atoms with Crippen molar-refractivity contribution < 1.29 is 9.15 Å². The zero-order valence-corrected chi connectivity index (χ0v) is 13.5. The highest BCUT2D eigenvalue weighted by molar-refractivity contribution is 5.67. The van der Waals surface area contributed by atoms with Crippen LogP contribution in [0, 0.1) is 11.3 Å². The lowest BCUT2D eigenvalue weighted by atomic mass is 10.2. The van der Waals surface area contributed by atoms with Crippen molar-refractivity contribution in [2.75, 3.05) is 18.5 Å². The first-order valence-corrected chi connectivity index (χ1v) is 7.82. The number of nitrogens with zero attached hydrogens (tertiary/aromatic N) is 2. The molecule has 1 N–H and O–H groups in total. The van der Waals surface area contributed by atoms with Gasteiger partial charge in [-0.25, -0.2) is 0 Å². The summed E-state index contributed by atoms with van der Waals surface area (Å²) in [5.41, 5.74) is 1.29. The van der Waals surface area contributed by atoms with E-state index < -0.39 is 0 Å². The van der Waals surface area contributed by atoms with E-state index in [-0.39, 0.29) is 5.69 Å². The molecule has 0 aliphatic heterocycles. The number of benzene rings is 1. The number of hydrogen-bond donors (Lipinski definition) is 1. The molecule has 120 valence electrons. The number of unbranched alkanes of at least 4 members (excludes halogenated alkanes) is 1. The van der Waals surface area contributed by atoms with Gasteiger partial charge in [0.25, 0.3) is 0 Å². The van der Waals surface area contributed by atoms with Crippen LogP contribution in [0.4, 0.5) is 5.88 Å². The minimum absolute atomic E-state index is 0.285. The Morgan fingerprint density at radius 3 is 2.70 bits per heavy atom. The van der Waals surface area contributed by atoms with Gasteiger partial charge in [0, 0.05) is 12.6 Å². The fraction of sp³-hybridized carbons (Fsp3) is 0.333. The number of ether oxygens (including phenoxy) is 1. The van der Waals surface area contributed by atoms with Crippen LogP contribution in [0.15, 0.2) is 28.7 Å². The number of aromatic nitrogens is 1. The molecule has 2 aromatic rings. The van der Waals surface area contributed by atoms with E-state index >= 15 is 0 Å². The molecule has 0 unspecified atom stereocenters. The summed E-state index contributed by atoms with van der Waals surface area (Å²) in [6.45, 7) is 5.48. The molecule has 23 heavy (non-hydrogen) atoms. The van der Waals surface area contributed by atoms with Crippen molar-refractivity contribution >= 4 is 18.0 Å². The summed E-state index contributed by atoms with van der Waals surface area (Å²) in [7, 11) is 0. The van der Waals surface area contributed by atoms with Gasteiger partial charge in [0.15, 0.2) is 0 Å². The number of anilines is 1. The summed E-state index contributed by atoms with van der Waals surface area (Å²) in [5, 5.41) is 12.2. The van der Waals surface area contributed by atoms with Crippen molar-refractivity contribution in [1.82, 2.24) is 4.98 Å². The molecule has 0 fully saturated rings. The lowest BCUT2D eigenvalue weighted by Crippen LogP contribution is -2.00. The van der Waals surface area contributed by atoms with E-state index in [2.05, 4.69) is 17.2 Å². The van der Waals surface area contributed by atoms with E-state index in [1.165, 1.54) is 0 Å². The molecule has 0 saturated carbocycles. The van der Waals surface area contributed by atoms with Crippen LogP contribution < -0.4 is 10.1 Å². The molecule has 0 bridgehead atoms. The molecule has 1 aromatic carbocycles. The van der Waals surface area contributed by atoms with Crippen LogP contribution in [0.1, 0.15) is 43.8 Å². The van der Waals surface area contributed by atoms with Crippen molar-refractivity contribution in [1.29, 1.82) is 5.26 Å². The molecule has 2 rings (SSSR count). The lowest BCUT2D eigenvalue weighted by molar-refractivity contribution is 0.340. The molecule has 5 nitrogen and oxygen atoms in total. The number of oxazole rings is 1. The zero-order valence-electron chi connectivity index (χ0n) is 13.5. The van der Waals surface area contributed by atoms with Gasteiger partial charge in [-0.05, 0) is 37.1 Å². The first kappa shape index (κ1) is 16.6. The van der Waals surface area contributed by atoms with Crippen LogP contribution in [-0.4, -0.2) is 18.1 Å². The molecule has 0 atom stereocenters. The molecule has 0 saturated heterocycles. The summed E-state index contributed by atoms with van der Waals surface area (Å²) < 4.78 is 11.0. The van der Waals surface area contributed by atoms with Gasteiger partial charge in [-0.3, -0.25) is 0 Å². The molecule has 0 radical (unpaired) electrons. The van der Waals surface area contributed by atoms with E-state index in [1.807, 2.05) is 43.3 Å². The predicted octanol–water partition coefficient (Wildman–Crippen LogP) is 4.33. The predicted molar refractivity (Wildman–Crippen MR) is 91.2 cm³/mol. The SMILES string of the molecule is CCCCNc1oc(/C=C/c2ccc(OCC)cc2)nc1C#N. The molecule has 5 heteroatoms. The molecular formula is C18H21N3O2. The number of hydrogen-bond acceptors (Lipinski definition) is 5. The second-order valence-electron chi connectivity index (χ2n) is 4.96. The minimum Gasteiger partial charge on any atom is -0.494 e. The molecule has 0 amide bonds. The first-order chi connectivity index (χ1) is 11.3. The Bertz CT molecular complexity index is 681. The smallest absolute Gasteiger partial charge is 0.232 e. The van der Waals surface area contributed by atoms with E-state index in [1.54, 1.807) is 6.08 Å². The van der Waals surface area contributed by atoms with Gasteiger partial charge in [0.2, 0.25) is 17.5 Å². The van der Waals surface area contributed by atoms with E-state index in [0.29, 0.717) is 18.4 Å². The van der Waals surface area contributed by atoms with Gasteiger partial charge >= 0.3 is 0 Å². The average Bonchev–Trinajstić information content (AvgIpc) is 2.97. The highest BCUT2D eigenvalue weighted by atomic mass is 16.5. The Balaban J connectivity index is 2.05. The van der Waals surface area contributed by atoms with Gasteiger partial charge in [-0.15, -0.1) is 0 Å². The summed E-state index contributed by atoms with van der Waals surface area (Å²) in [4.78, 5) is 4.17. The molecule has 0 aliphatic carbocycles. The topological polar surface area (TPSA) is 71.1 Å². The maximum absolute atomic E-state index is 9.10. The Kier molecular flexibility index (Phi) is 6.25. The minimum atomic E-state index is 0.285. The maximum atomic E-state index is 9.10. The van der Waals surface area contributed by atoms with Crippen LogP contribution in [-0.2, 0) is 0 Å². The molecular weight excluding hydrogens is 290 g/mol. The normalized spacial score (nSPS) is 10.7. The molecule has 1 aromatic heterocycles. The number of nitriles is 1. The zero-order chi connectivity index (χ0) is 16.5. The van der Waals surface area contributed by atoms with Gasteiger partial charge in [-0.2, -0.15) is 10.2 Å². The van der Waals surface area contributed by atoms with E-state index in [0.717, 1.165) is 30.7 Å². The summed E-state index contributed by atoms with van der Waals surface area (Å²) >= 11 is 0. The second-order valence-corrected chi connectivity index (χ2v) is 4.96. The van der Waals surface area contributed by atoms with Crippen molar-refractivity contribution in [3.8, 4) is 11.8 Å². The fourth-order valence-corrected chi connectivity index (χ4v) is 1.99. The summed E-state index contributed by atoms with van der Waals surface area (Å²) in [6.07, 6.45) is 5.73. The molecule has 0 spiro atoms.